The Hall–Kier alpha value is -2.01. The first-order valence-corrected chi connectivity index (χ1v) is 7.24. The first-order chi connectivity index (χ1) is 9.59. The molecule has 0 saturated heterocycles. The van der Waals surface area contributed by atoms with Crippen LogP contribution >= 0.6 is 11.8 Å². The van der Waals surface area contributed by atoms with Crippen molar-refractivity contribution in [3.63, 3.8) is 0 Å². The summed E-state index contributed by atoms with van der Waals surface area (Å²) < 4.78 is 0. The molecule has 1 aromatic rings. The Morgan fingerprint density at radius 2 is 2.00 bits per heavy atom. The maximum absolute atomic E-state index is 11.9. The number of amidine groups is 1. The van der Waals surface area contributed by atoms with Crippen LogP contribution in [0.25, 0.3) is 0 Å². The summed E-state index contributed by atoms with van der Waals surface area (Å²) in [5.41, 5.74) is 8.98. The van der Waals surface area contributed by atoms with Gasteiger partial charge in [0.15, 0.2) is 5.17 Å². The van der Waals surface area contributed by atoms with Crippen LogP contribution in [0.15, 0.2) is 57.7 Å². The summed E-state index contributed by atoms with van der Waals surface area (Å²) in [4.78, 5) is 18.5. The van der Waals surface area contributed by atoms with Crippen LogP contribution in [-0.2, 0) is 4.79 Å². The molecule has 2 aliphatic heterocycles. The molecule has 0 aromatic heterocycles. The molecule has 0 fully saturated rings. The number of primary amides is 1. The number of hydrogen-bond acceptors (Lipinski definition) is 4. The van der Waals surface area contributed by atoms with E-state index in [0.29, 0.717) is 11.3 Å². The number of hydrogen-bond donors (Lipinski definition) is 1. The lowest BCUT2D eigenvalue weighted by molar-refractivity contribution is -0.115. The molecule has 20 heavy (non-hydrogen) atoms. The maximum atomic E-state index is 11.9. The van der Waals surface area contributed by atoms with Crippen molar-refractivity contribution in [3.05, 3.63) is 58.3 Å². The standard InChI is InChI=1S/C15H15N3OS/c1-9-8-20-15-17-10(2)12(14(16)19)13(18(9)15)11-6-4-3-5-7-11/h3-8,13H,1-2H3,(H2,16,19)/t13-/m1/s1. The van der Waals surface area contributed by atoms with Gasteiger partial charge in [-0.1, -0.05) is 42.1 Å². The molecule has 1 aromatic carbocycles. The average molecular weight is 285 g/mol. The van der Waals surface area contributed by atoms with Crippen LogP contribution in [0.4, 0.5) is 0 Å². The lowest BCUT2D eigenvalue weighted by Gasteiger charge is -2.35. The fourth-order valence-corrected chi connectivity index (χ4v) is 3.53. The number of rotatable bonds is 2. The van der Waals surface area contributed by atoms with Gasteiger partial charge in [0, 0.05) is 5.70 Å². The topological polar surface area (TPSA) is 58.7 Å². The molecule has 1 atom stereocenters. The van der Waals surface area contributed by atoms with Crippen molar-refractivity contribution in [1.29, 1.82) is 0 Å². The zero-order valence-electron chi connectivity index (χ0n) is 11.3. The Morgan fingerprint density at radius 1 is 1.30 bits per heavy atom. The van der Waals surface area contributed by atoms with Crippen LogP contribution in [0.1, 0.15) is 25.5 Å². The summed E-state index contributed by atoms with van der Waals surface area (Å²) in [6.07, 6.45) is 0. The van der Waals surface area contributed by atoms with Gasteiger partial charge in [0.05, 0.1) is 17.3 Å². The van der Waals surface area contributed by atoms with E-state index in [0.717, 1.165) is 16.4 Å². The van der Waals surface area contributed by atoms with Crippen LogP contribution in [0.3, 0.4) is 0 Å². The van der Waals surface area contributed by atoms with Crippen LogP contribution in [0, 0.1) is 0 Å². The van der Waals surface area contributed by atoms with Crippen LogP contribution < -0.4 is 5.73 Å². The summed E-state index contributed by atoms with van der Waals surface area (Å²) in [6, 6.07) is 9.74. The Balaban J connectivity index is 2.18. The molecule has 5 heteroatoms. The average Bonchev–Trinajstić information content (AvgIpc) is 2.79. The lowest BCUT2D eigenvalue weighted by Crippen LogP contribution is -2.37. The molecule has 2 N–H and O–H groups in total. The van der Waals surface area contributed by atoms with Crippen molar-refractivity contribution < 1.29 is 4.79 Å². The van der Waals surface area contributed by atoms with E-state index in [1.807, 2.05) is 49.6 Å². The van der Waals surface area contributed by atoms with Gasteiger partial charge in [-0.2, -0.15) is 0 Å². The lowest BCUT2D eigenvalue weighted by atomic mass is 9.94. The fraction of sp³-hybridized carbons (Fsp3) is 0.200. The van der Waals surface area contributed by atoms with Gasteiger partial charge in [0.25, 0.3) is 0 Å². The third-order valence-corrected chi connectivity index (χ3v) is 4.44. The summed E-state index contributed by atoms with van der Waals surface area (Å²) in [5.74, 6) is -0.413. The molecule has 1 amide bonds. The summed E-state index contributed by atoms with van der Waals surface area (Å²) in [6.45, 7) is 3.86. The van der Waals surface area contributed by atoms with Gasteiger partial charge < -0.3 is 10.6 Å². The second-order valence-electron chi connectivity index (χ2n) is 4.82. The second-order valence-corrected chi connectivity index (χ2v) is 5.65. The number of carbonyl (C=O) groups excluding carboxylic acids is 1. The molecule has 0 spiro atoms. The molecule has 4 nitrogen and oxygen atoms in total. The van der Waals surface area contributed by atoms with E-state index in [9.17, 15) is 4.79 Å². The van der Waals surface area contributed by atoms with Gasteiger partial charge in [-0.05, 0) is 24.8 Å². The summed E-state index contributed by atoms with van der Waals surface area (Å²) in [5, 5.41) is 2.95. The van der Waals surface area contributed by atoms with E-state index in [2.05, 4.69) is 9.89 Å². The molecule has 102 valence electrons. The van der Waals surface area contributed by atoms with Gasteiger partial charge in [-0.15, -0.1) is 0 Å². The first-order valence-electron chi connectivity index (χ1n) is 6.36. The monoisotopic (exact) mass is 285 g/mol. The van der Waals surface area contributed by atoms with Gasteiger partial charge in [0.1, 0.15) is 0 Å². The predicted octanol–water partition coefficient (Wildman–Crippen LogP) is 2.77. The van der Waals surface area contributed by atoms with E-state index < -0.39 is 5.91 Å². The molecule has 0 radical (unpaired) electrons. The maximum Gasteiger partial charge on any atom is 0.248 e. The van der Waals surface area contributed by atoms with Gasteiger partial charge >= 0.3 is 0 Å². The molecule has 3 rings (SSSR count). The van der Waals surface area contributed by atoms with Crippen molar-refractivity contribution in [1.82, 2.24) is 4.90 Å². The SMILES string of the molecule is CC1=CSC2=NC(C)=C(C(N)=O)[C@@H](c3ccccc3)N12. The number of carbonyl (C=O) groups is 1. The Morgan fingerprint density at radius 3 is 2.65 bits per heavy atom. The Bertz CT molecular complexity index is 661. The van der Waals surface area contributed by atoms with Crippen molar-refractivity contribution in [3.8, 4) is 0 Å². The number of amides is 1. The number of nitrogens with two attached hydrogens (primary N) is 1. The van der Waals surface area contributed by atoms with Crippen molar-refractivity contribution >= 4 is 22.8 Å². The number of fused-ring (bicyclic) bond motifs is 1. The van der Waals surface area contributed by atoms with E-state index in [4.69, 9.17) is 5.73 Å². The van der Waals surface area contributed by atoms with Crippen molar-refractivity contribution in [2.75, 3.05) is 0 Å². The van der Waals surface area contributed by atoms with Gasteiger partial charge in [-0.25, -0.2) is 4.99 Å². The third-order valence-electron chi connectivity index (χ3n) is 3.49. The first kappa shape index (κ1) is 13.0. The molecular weight excluding hydrogens is 270 g/mol. The Labute approximate surface area is 122 Å². The minimum Gasteiger partial charge on any atom is -0.366 e. The van der Waals surface area contributed by atoms with Crippen molar-refractivity contribution in [2.45, 2.75) is 19.9 Å². The molecule has 0 unspecified atom stereocenters. The molecule has 2 heterocycles. The van der Waals surface area contributed by atoms with Crippen molar-refractivity contribution in [2.24, 2.45) is 10.7 Å². The minimum atomic E-state index is -0.413. The number of aliphatic imine (C=N–C) groups is 1. The van der Waals surface area contributed by atoms with E-state index in [-0.39, 0.29) is 6.04 Å². The van der Waals surface area contributed by atoms with Gasteiger partial charge in [0.2, 0.25) is 5.91 Å². The second kappa shape index (κ2) is 4.83. The molecule has 0 aliphatic carbocycles. The largest absolute Gasteiger partial charge is 0.366 e. The van der Waals surface area contributed by atoms with Gasteiger partial charge in [-0.3, -0.25) is 4.79 Å². The predicted molar refractivity (Wildman–Crippen MR) is 81.7 cm³/mol. The Kier molecular flexibility index (Phi) is 3.14. The van der Waals surface area contributed by atoms with E-state index >= 15 is 0 Å². The zero-order chi connectivity index (χ0) is 14.3. The van der Waals surface area contributed by atoms with E-state index in [1.165, 1.54) is 0 Å². The molecule has 0 saturated carbocycles. The number of nitrogens with zero attached hydrogens (tertiary/aromatic N) is 2. The fourth-order valence-electron chi connectivity index (χ4n) is 2.59. The normalized spacial score (nSPS) is 21.5. The highest BCUT2D eigenvalue weighted by molar-refractivity contribution is 8.16. The summed E-state index contributed by atoms with van der Waals surface area (Å²) in [7, 11) is 0. The highest BCUT2D eigenvalue weighted by atomic mass is 32.2. The van der Waals surface area contributed by atoms with Crippen LogP contribution in [-0.4, -0.2) is 16.0 Å². The molecule has 2 aliphatic rings. The highest BCUT2D eigenvalue weighted by Crippen LogP contribution is 2.43. The molecular formula is C15H15N3OS. The smallest absolute Gasteiger partial charge is 0.248 e. The number of benzene rings is 1. The summed E-state index contributed by atoms with van der Waals surface area (Å²) >= 11 is 1.58. The van der Waals surface area contributed by atoms with Crippen LogP contribution in [0.5, 0.6) is 0 Å². The third kappa shape index (κ3) is 1.94. The highest BCUT2D eigenvalue weighted by Gasteiger charge is 2.37. The zero-order valence-corrected chi connectivity index (χ0v) is 12.1. The van der Waals surface area contributed by atoms with E-state index in [1.54, 1.807) is 11.8 Å². The number of allylic oxidation sites excluding steroid dienone is 2. The number of thioether (sulfide) groups is 1. The molecule has 0 bridgehead atoms. The minimum absolute atomic E-state index is 0.188. The quantitative estimate of drug-likeness (QED) is 0.909. The van der Waals surface area contributed by atoms with Crippen LogP contribution in [0.2, 0.25) is 0 Å².